The molecule has 0 aliphatic carbocycles. The van der Waals surface area contributed by atoms with E-state index in [9.17, 15) is 9.90 Å². The van der Waals surface area contributed by atoms with Gasteiger partial charge in [0.1, 0.15) is 5.60 Å². The van der Waals surface area contributed by atoms with Crippen LogP contribution in [0.1, 0.15) is 59.3 Å². The second-order valence-electron chi connectivity index (χ2n) is 9.15. The molecule has 6 nitrogen and oxygen atoms in total. The maximum atomic E-state index is 12.4. The lowest BCUT2D eigenvalue weighted by Crippen LogP contribution is -2.71. The van der Waals surface area contributed by atoms with E-state index in [-0.39, 0.29) is 6.09 Å². The third-order valence-electron chi connectivity index (χ3n) is 6.23. The Bertz CT molecular complexity index is 490. The zero-order valence-corrected chi connectivity index (χ0v) is 15.5. The second kappa shape index (κ2) is 5.85. The van der Waals surface area contributed by atoms with Gasteiger partial charge in [0.15, 0.2) is 0 Å². The molecular formula is C18H33N3O3. The van der Waals surface area contributed by atoms with Crippen LogP contribution in [0.5, 0.6) is 0 Å². The van der Waals surface area contributed by atoms with Crippen molar-refractivity contribution in [2.24, 2.45) is 5.73 Å². The van der Waals surface area contributed by atoms with E-state index >= 15 is 0 Å². The SMILES string of the molecule is CN1C2CCC1CC(O)(C1(N)CCCN(C(=O)OC(C)(C)C)C1)C2. The van der Waals surface area contributed by atoms with E-state index in [0.717, 1.165) is 25.7 Å². The summed E-state index contributed by atoms with van der Waals surface area (Å²) in [6, 6.07) is 0.817. The average molecular weight is 339 g/mol. The standard InChI is InChI=1S/C18H33N3O3/c1-16(2,3)24-15(22)21-9-5-8-17(19,12-21)18(23)10-13-6-7-14(11-18)20(13)4/h13-14,23H,5-12,19H2,1-4H3. The molecule has 3 N–H and O–H groups in total. The molecule has 3 unspecified atom stereocenters. The van der Waals surface area contributed by atoms with Crippen molar-refractivity contribution in [1.29, 1.82) is 0 Å². The Morgan fingerprint density at radius 3 is 2.38 bits per heavy atom. The molecule has 1 amide bonds. The van der Waals surface area contributed by atoms with Gasteiger partial charge in [0.2, 0.25) is 0 Å². The van der Waals surface area contributed by atoms with Crippen LogP contribution >= 0.6 is 0 Å². The third-order valence-corrected chi connectivity index (χ3v) is 6.23. The smallest absolute Gasteiger partial charge is 0.410 e. The lowest BCUT2D eigenvalue weighted by molar-refractivity contribution is -0.116. The highest BCUT2D eigenvalue weighted by atomic mass is 16.6. The fourth-order valence-electron chi connectivity index (χ4n) is 4.80. The number of amides is 1. The van der Waals surface area contributed by atoms with E-state index in [0.29, 0.717) is 38.0 Å². The molecule has 0 spiro atoms. The molecule has 6 heteroatoms. The Kier molecular flexibility index (Phi) is 4.38. The number of hydrogen-bond acceptors (Lipinski definition) is 5. The van der Waals surface area contributed by atoms with Crippen molar-refractivity contribution >= 4 is 6.09 Å². The molecule has 0 radical (unpaired) electrons. The van der Waals surface area contributed by atoms with Gasteiger partial charge in [-0.2, -0.15) is 0 Å². The van der Waals surface area contributed by atoms with Gasteiger partial charge in [-0.15, -0.1) is 0 Å². The Morgan fingerprint density at radius 2 is 1.83 bits per heavy atom. The van der Waals surface area contributed by atoms with Crippen molar-refractivity contribution in [3.63, 3.8) is 0 Å². The maximum absolute atomic E-state index is 12.4. The number of rotatable bonds is 1. The van der Waals surface area contributed by atoms with Crippen LogP contribution in [0.2, 0.25) is 0 Å². The predicted molar refractivity (Wildman–Crippen MR) is 92.7 cm³/mol. The molecular weight excluding hydrogens is 306 g/mol. The largest absolute Gasteiger partial charge is 0.444 e. The molecule has 3 rings (SSSR count). The maximum Gasteiger partial charge on any atom is 0.410 e. The minimum Gasteiger partial charge on any atom is -0.444 e. The van der Waals surface area contributed by atoms with E-state index in [2.05, 4.69) is 11.9 Å². The topological polar surface area (TPSA) is 79.0 Å². The summed E-state index contributed by atoms with van der Waals surface area (Å²) in [5.41, 5.74) is 4.58. The van der Waals surface area contributed by atoms with Crippen molar-refractivity contribution in [3.05, 3.63) is 0 Å². The van der Waals surface area contributed by atoms with E-state index in [1.165, 1.54) is 0 Å². The zero-order chi connectivity index (χ0) is 17.8. The molecule has 3 heterocycles. The van der Waals surface area contributed by atoms with Crippen LogP contribution < -0.4 is 5.73 Å². The van der Waals surface area contributed by atoms with Gasteiger partial charge in [-0.3, -0.25) is 0 Å². The van der Waals surface area contributed by atoms with Gasteiger partial charge >= 0.3 is 6.09 Å². The van der Waals surface area contributed by atoms with Gasteiger partial charge in [0.05, 0.1) is 11.1 Å². The normalized spacial score (nSPS) is 40.7. The molecule has 3 saturated heterocycles. The highest BCUT2D eigenvalue weighted by Crippen LogP contribution is 2.46. The molecule has 3 atom stereocenters. The van der Waals surface area contributed by atoms with Gasteiger partial charge in [-0.05, 0) is 66.3 Å². The van der Waals surface area contributed by atoms with Crippen molar-refractivity contribution in [1.82, 2.24) is 9.80 Å². The fraction of sp³-hybridized carbons (Fsp3) is 0.944. The van der Waals surface area contributed by atoms with E-state index < -0.39 is 16.7 Å². The van der Waals surface area contributed by atoms with Crippen LogP contribution in [0.4, 0.5) is 4.79 Å². The summed E-state index contributed by atoms with van der Waals surface area (Å²) < 4.78 is 5.50. The summed E-state index contributed by atoms with van der Waals surface area (Å²) in [5.74, 6) is 0. The van der Waals surface area contributed by atoms with Crippen molar-refractivity contribution < 1.29 is 14.6 Å². The minimum atomic E-state index is -0.897. The molecule has 3 aliphatic heterocycles. The number of nitrogens with two attached hydrogens (primary N) is 1. The predicted octanol–water partition coefficient (Wildman–Crippen LogP) is 1.70. The van der Waals surface area contributed by atoms with Gasteiger partial charge in [-0.1, -0.05) is 0 Å². The Morgan fingerprint density at radius 1 is 1.25 bits per heavy atom. The molecule has 138 valence electrons. The molecule has 0 aromatic rings. The first kappa shape index (κ1) is 18.0. The van der Waals surface area contributed by atoms with Crippen LogP contribution in [0.25, 0.3) is 0 Å². The zero-order valence-electron chi connectivity index (χ0n) is 15.5. The summed E-state index contributed by atoms with van der Waals surface area (Å²) in [6.07, 6.45) is 4.92. The number of carbonyl (C=O) groups excluding carboxylic acids is 1. The number of fused-ring (bicyclic) bond motifs is 2. The van der Waals surface area contributed by atoms with Crippen LogP contribution in [0.15, 0.2) is 0 Å². The van der Waals surface area contributed by atoms with Crippen LogP contribution in [-0.4, -0.2) is 70.0 Å². The van der Waals surface area contributed by atoms with E-state index in [1.807, 2.05) is 20.8 Å². The van der Waals surface area contributed by atoms with E-state index in [4.69, 9.17) is 10.5 Å². The van der Waals surface area contributed by atoms with Crippen molar-refractivity contribution in [2.75, 3.05) is 20.1 Å². The Labute approximate surface area is 145 Å². The van der Waals surface area contributed by atoms with Crippen molar-refractivity contribution in [2.45, 2.75) is 88.1 Å². The van der Waals surface area contributed by atoms with Crippen molar-refractivity contribution in [3.8, 4) is 0 Å². The minimum absolute atomic E-state index is 0.323. The highest BCUT2D eigenvalue weighted by molar-refractivity contribution is 5.68. The average Bonchev–Trinajstić information content (AvgIpc) is 2.69. The molecule has 3 aliphatic rings. The number of likely N-dealkylation sites (tertiary alicyclic amines) is 1. The fourth-order valence-corrected chi connectivity index (χ4v) is 4.80. The number of ether oxygens (including phenoxy) is 1. The van der Waals surface area contributed by atoms with Gasteiger partial charge in [-0.25, -0.2) is 4.79 Å². The van der Waals surface area contributed by atoms with Gasteiger partial charge in [0.25, 0.3) is 0 Å². The van der Waals surface area contributed by atoms with Crippen LogP contribution in [0.3, 0.4) is 0 Å². The quantitative estimate of drug-likeness (QED) is 0.760. The monoisotopic (exact) mass is 339 g/mol. The molecule has 3 fully saturated rings. The molecule has 0 aromatic heterocycles. The highest BCUT2D eigenvalue weighted by Gasteiger charge is 2.57. The molecule has 2 bridgehead atoms. The number of piperidine rings is 2. The number of carbonyl (C=O) groups is 1. The van der Waals surface area contributed by atoms with E-state index in [1.54, 1.807) is 4.90 Å². The summed E-state index contributed by atoms with van der Waals surface area (Å²) in [5, 5.41) is 11.5. The molecule has 24 heavy (non-hydrogen) atoms. The third kappa shape index (κ3) is 3.16. The second-order valence-corrected chi connectivity index (χ2v) is 9.15. The Hall–Kier alpha value is -0.850. The molecule has 0 saturated carbocycles. The summed E-state index contributed by atoms with van der Waals surface area (Å²) in [6.45, 7) is 6.63. The lowest BCUT2D eigenvalue weighted by atomic mass is 9.68. The van der Waals surface area contributed by atoms with Gasteiger partial charge in [0, 0.05) is 25.2 Å². The Balaban J connectivity index is 1.74. The first-order valence-corrected chi connectivity index (χ1v) is 9.24. The number of nitrogens with zero attached hydrogens (tertiary/aromatic N) is 2. The molecule has 0 aromatic carbocycles. The van der Waals surface area contributed by atoms with Crippen LogP contribution in [0, 0.1) is 0 Å². The summed E-state index contributed by atoms with van der Waals surface area (Å²) in [4.78, 5) is 16.5. The van der Waals surface area contributed by atoms with Crippen LogP contribution in [-0.2, 0) is 4.74 Å². The number of hydrogen-bond donors (Lipinski definition) is 2. The van der Waals surface area contributed by atoms with Gasteiger partial charge < -0.3 is 25.4 Å². The summed E-state index contributed by atoms with van der Waals surface area (Å²) >= 11 is 0. The first-order chi connectivity index (χ1) is 11.0. The lowest BCUT2D eigenvalue weighted by Gasteiger charge is -2.54. The first-order valence-electron chi connectivity index (χ1n) is 9.24. The summed E-state index contributed by atoms with van der Waals surface area (Å²) in [7, 11) is 2.15. The number of aliphatic hydroxyl groups is 1.